The molecule has 0 spiro atoms. The van der Waals surface area contributed by atoms with Gasteiger partial charge in [-0.1, -0.05) is 12.1 Å². The number of carbonyl (C=O) groups excluding carboxylic acids is 2. The van der Waals surface area contributed by atoms with Crippen LogP contribution in [0, 0.1) is 0 Å². The third-order valence-electron chi connectivity index (χ3n) is 5.71. The van der Waals surface area contributed by atoms with Gasteiger partial charge in [0.25, 0.3) is 5.91 Å². The van der Waals surface area contributed by atoms with Crippen molar-refractivity contribution in [3.63, 3.8) is 0 Å². The maximum Gasteiger partial charge on any atom is 0.348 e. The second-order valence-corrected chi connectivity index (χ2v) is 9.91. The average Bonchev–Trinajstić information content (AvgIpc) is 3.55. The van der Waals surface area contributed by atoms with E-state index < -0.39 is 5.97 Å². The van der Waals surface area contributed by atoms with Crippen molar-refractivity contribution in [3.8, 4) is 15.6 Å². The number of hydrogen-bond donors (Lipinski definition) is 0. The molecule has 0 bridgehead atoms. The number of thiazole rings is 1. The molecule has 174 valence electrons. The smallest absolute Gasteiger partial charge is 0.348 e. The first-order valence-corrected chi connectivity index (χ1v) is 12.5. The van der Waals surface area contributed by atoms with Crippen LogP contribution in [0.4, 0.5) is 5.69 Å². The lowest BCUT2D eigenvalue weighted by atomic mass is 10.2. The maximum atomic E-state index is 12.6. The molecule has 2 aromatic heterocycles. The Labute approximate surface area is 205 Å². The summed E-state index contributed by atoms with van der Waals surface area (Å²) in [6.45, 7) is 2.37. The highest BCUT2D eigenvalue weighted by atomic mass is 32.1. The fourth-order valence-corrected chi connectivity index (χ4v) is 5.76. The van der Waals surface area contributed by atoms with Crippen LogP contribution in [0.15, 0.2) is 60.7 Å². The van der Waals surface area contributed by atoms with Crippen LogP contribution in [-0.2, 0) is 9.53 Å². The third-order valence-corrected chi connectivity index (χ3v) is 7.98. The number of carbonyl (C=O) groups is 2. The number of thiophene rings is 1. The lowest BCUT2D eigenvalue weighted by molar-refractivity contribution is -0.134. The number of fused-ring (bicyclic) bond motifs is 1. The first-order valence-electron chi connectivity index (χ1n) is 10.9. The molecule has 0 aliphatic carbocycles. The molecule has 0 unspecified atom stereocenters. The topological polar surface area (TPSA) is 72.0 Å². The molecule has 0 radical (unpaired) electrons. The van der Waals surface area contributed by atoms with E-state index in [-0.39, 0.29) is 12.5 Å². The Bertz CT molecular complexity index is 1270. The van der Waals surface area contributed by atoms with Gasteiger partial charge in [-0.05, 0) is 48.5 Å². The second kappa shape index (κ2) is 9.82. The van der Waals surface area contributed by atoms with E-state index in [0.717, 1.165) is 44.6 Å². The molecule has 1 fully saturated rings. The number of methoxy groups -OCH3 is 1. The lowest BCUT2D eigenvalue weighted by Gasteiger charge is -2.36. The van der Waals surface area contributed by atoms with Crippen LogP contribution in [-0.4, -0.2) is 61.7 Å². The van der Waals surface area contributed by atoms with Gasteiger partial charge in [-0.3, -0.25) is 4.79 Å². The van der Waals surface area contributed by atoms with Crippen molar-refractivity contribution >= 4 is 50.5 Å². The quantitative estimate of drug-likeness (QED) is 0.367. The van der Waals surface area contributed by atoms with Gasteiger partial charge >= 0.3 is 5.97 Å². The number of anilines is 1. The van der Waals surface area contributed by atoms with E-state index in [1.54, 1.807) is 29.4 Å². The Morgan fingerprint density at radius 3 is 2.44 bits per heavy atom. The summed E-state index contributed by atoms with van der Waals surface area (Å²) in [4.78, 5) is 35.1. The van der Waals surface area contributed by atoms with Crippen molar-refractivity contribution in [2.45, 2.75) is 0 Å². The fraction of sp³-hybridized carbons (Fsp3) is 0.240. The fourth-order valence-electron chi connectivity index (χ4n) is 3.84. The number of rotatable bonds is 6. The van der Waals surface area contributed by atoms with E-state index in [2.05, 4.69) is 9.88 Å². The number of aromatic nitrogens is 1. The molecule has 0 saturated carbocycles. The molecule has 34 heavy (non-hydrogen) atoms. The predicted molar refractivity (Wildman–Crippen MR) is 135 cm³/mol. The Morgan fingerprint density at radius 1 is 0.941 bits per heavy atom. The SMILES string of the molecule is COc1ccc(N2CCN(C(=O)COC(=O)c3ccc(-c4nc5ccccc5s4)s3)CC2)cc1. The molecule has 2 aromatic carbocycles. The summed E-state index contributed by atoms with van der Waals surface area (Å²) in [6, 6.07) is 19.4. The molecule has 1 aliphatic heterocycles. The molecule has 4 aromatic rings. The summed E-state index contributed by atoms with van der Waals surface area (Å²) in [7, 11) is 1.65. The van der Waals surface area contributed by atoms with Crippen molar-refractivity contribution in [2.75, 3.05) is 44.8 Å². The molecule has 0 N–H and O–H groups in total. The maximum absolute atomic E-state index is 12.6. The molecule has 5 rings (SSSR count). The minimum atomic E-state index is -0.484. The van der Waals surface area contributed by atoms with E-state index in [1.807, 2.05) is 54.6 Å². The van der Waals surface area contributed by atoms with Gasteiger partial charge in [-0.15, -0.1) is 22.7 Å². The van der Waals surface area contributed by atoms with Crippen molar-refractivity contribution in [2.24, 2.45) is 0 Å². The number of esters is 1. The predicted octanol–water partition coefficient (Wildman–Crippen LogP) is 4.54. The lowest BCUT2D eigenvalue weighted by Crippen LogP contribution is -2.49. The van der Waals surface area contributed by atoms with Crippen molar-refractivity contribution in [1.29, 1.82) is 0 Å². The molecule has 1 saturated heterocycles. The average molecular weight is 494 g/mol. The van der Waals surface area contributed by atoms with Crippen LogP contribution in [0.25, 0.3) is 20.1 Å². The van der Waals surface area contributed by atoms with Crippen LogP contribution in [0.2, 0.25) is 0 Å². The number of para-hydroxylation sites is 1. The molecule has 9 heteroatoms. The summed E-state index contributed by atoms with van der Waals surface area (Å²) in [6.07, 6.45) is 0. The van der Waals surface area contributed by atoms with Gasteiger partial charge in [0, 0.05) is 31.9 Å². The highest BCUT2D eigenvalue weighted by Crippen LogP contribution is 2.34. The number of piperazine rings is 1. The normalized spacial score (nSPS) is 13.8. The van der Waals surface area contributed by atoms with Crippen LogP contribution in [0.1, 0.15) is 9.67 Å². The summed E-state index contributed by atoms with van der Waals surface area (Å²) >= 11 is 2.92. The Morgan fingerprint density at radius 2 is 1.71 bits per heavy atom. The molecular formula is C25H23N3O4S2. The van der Waals surface area contributed by atoms with Gasteiger partial charge in [0.1, 0.15) is 15.6 Å². The van der Waals surface area contributed by atoms with Crippen LogP contribution in [0.3, 0.4) is 0 Å². The molecule has 1 aliphatic rings. The largest absolute Gasteiger partial charge is 0.497 e. The number of amides is 1. The van der Waals surface area contributed by atoms with Gasteiger partial charge in [-0.25, -0.2) is 9.78 Å². The number of benzene rings is 2. The third kappa shape index (κ3) is 4.76. The zero-order valence-electron chi connectivity index (χ0n) is 18.6. The first-order chi connectivity index (χ1) is 16.6. The van der Waals surface area contributed by atoms with Gasteiger partial charge in [0.15, 0.2) is 6.61 Å². The van der Waals surface area contributed by atoms with Crippen molar-refractivity contribution < 1.29 is 19.1 Å². The van der Waals surface area contributed by atoms with E-state index in [1.165, 1.54) is 11.3 Å². The van der Waals surface area contributed by atoms with Crippen molar-refractivity contribution in [3.05, 3.63) is 65.5 Å². The van der Waals surface area contributed by atoms with E-state index in [4.69, 9.17) is 9.47 Å². The van der Waals surface area contributed by atoms with E-state index in [0.29, 0.717) is 18.0 Å². The standard InChI is InChI=1S/C25H23N3O4S2/c1-31-18-8-6-17(7-9-18)27-12-14-28(15-13-27)23(29)16-32-25(30)22-11-10-21(33-22)24-26-19-4-2-3-5-20(19)34-24/h2-11H,12-16H2,1H3. The van der Waals surface area contributed by atoms with Crippen LogP contribution >= 0.6 is 22.7 Å². The highest BCUT2D eigenvalue weighted by Gasteiger charge is 2.23. The van der Waals surface area contributed by atoms with Crippen LogP contribution < -0.4 is 9.64 Å². The van der Waals surface area contributed by atoms with E-state index in [9.17, 15) is 9.59 Å². The summed E-state index contributed by atoms with van der Waals surface area (Å²) < 4.78 is 11.6. The monoisotopic (exact) mass is 493 g/mol. The molecule has 1 amide bonds. The summed E-state index contributed by atoms with van der Waals surface area (Å²) in [5.74, 6) is 0.158. The molecule has 3 heterocycles. The minimum Gasteiger partial charge on any atom is -0.497 e. The Balaban J connectivity index is 1.13. The van der Waals surface area contributed by atoms with Gasteiger partial charge in [-0.2, -0.15) is 0 Å². The van der Waals surface area contributed by atoms with Gasteiger partial charge in [0.05, 0.1) is 22.2 Å². The zero-order chi connectivity index (χ0) is 23.5. The Hall–Kier alpha value is -3.43. The molecule has 0 atom stereocenters. The molecular weight excluding hydrogens is 470 g/mol. The number of nitrogens with zero attached hydrogens (tertiary/aromatic N) is 3. The Kier molecular flexibility index (Phi) is 6.46. The van der Waals surface area contributed by atoms with Gasteiger partial charge in [0.2, 0.25) is 0 Å². The van der Waals surface area contributed by atoms with Crippen molar-refractivity contribution in [1.82, 2.24) is 9.88 Å². The number of hydrogen-bond acceptors (Lipinski definition) is 8. The minimum absolute atomic E-state index is 0.175. The molecule has 7 nitrogen and oxygen atoms in total. The zero-order valence-corrected chi connectivity index (χ0v) is 20.2. The second-order valence-electron chi connectivity index (χ2n) is 7.79. The number of ether oxygens (including phenoxy) is 2. The summed E-state index contributed by atoms with van der Waals surface area (Å²) in [5.41, 5.74) is 2.04. The highest BCUT2D eigenvalue weighted by molar-refractivity contribution is 7.26. The van der Waals surface area contributed by atoms with Gasteiger partial charge < -0.3 is 19.3 Å². The summed E-state index contributed by atoms with van der Waals surface area (Å²) in [5, 5.41) is 0.871. The van der Waals surface area contributed by atoms with E-state index >= 15 is 0 Å². The van der Waals surface area contributed by atoms with Crippen LogP contribution in [0.5, 0.6) is 5.75 Å². The first kappa shape index (κ1) is 22.4.